The summed E-state index contributed by atoms with van der Waals surface area (Å²) in [6, 6.07) is 0. The Morgan fingerprint density at radius 1 is 0.683 bits per heavy atom. The zero-order valence-corrected chi connectivity index (χ0v) is 23.8. The maximum absolute atomic E-state index is 9.96. The first-order valence-electron chi connectivity index (χ1n) is 14.4. The van der Waals surface area contributed by atoms with Crippen LogP contribution in [0.1, 0.15) is 37.8 Å². The first kappa shape index (κ1) is 35.9. The van der Waals surface area contributed by atoms with Crippen LogP contribution in [0, 0.1) is 0 Å². The van der Waals surface area contributed by atoms with E-state index >= 15 is 0 Å². The molecule has 1 aromatic heterocycles. The van der Waals surface area contributed by atoms with Gasteiger partial charge in [-0.25, -0.2) is 4.68 Å². The first-order chi connectivity index (χ1) is 20.1. The average Bonchev–Trinajstić information content (AvgIpc) is 3.43. The highest BCUT2D eigenvalue weighted by Gasteiger charge is 2.43. The third kappa shape index (κ3) is 15.6. The summed E-state index contributed by atoms with van der Waals surface area (Å²) in [7, 11) is 0. The number of nitrogens with zero attached hydrogens (tertiary/aromatic N) is 3. The van der Waals surface area contributed by atoms with Crippen LogP contribution in [0.5, 0.6) is 0 Å². The summed E-state index contributed by atoms with van der Waals surface area (Å²) in [5.41, 5.74) is 0.764. The molecular weight excluding hydrogens is 546 g/mol. The molecule has 0 saturated carbocycles. The van der Waals surface area contributed by atoms with Crippen molar-refractivity contribution in [2.24, 2.45) is 0 Å². The normalized spacial score (nSPS) is 22.9. The van der Waals surface area contributed by atoms with Gasteiger partial charge < -0.3 is 58.7 Å². The van der Waals surface area contributed by atoms with E-state index in [0.29, 0.717) is 79.2 Å². The topological polar surface area (TPSA) is 196 Å². The van der Waals surface area contributed by atoms with Gasteiger partial charge in [-0.3, -0.25) is 0 Å². The SMILES string of the molecule is OCCOCCOCCOCCOCCn1cc(COCCCCCCCO[C@@H]2OC(CO)[C@@H](O)C(O)C2O)nn1. The summed E-state index contributed by atoms with van der Waals surface area (Å²) in [5, 5.41) is 55.5. The minimum Gasteiger partial charge on any atom is -0.394 e. The van der Waals surface area contributed by atoms with E-state index in [2.05, 4.69) is 10.3 Å². The molecule has 0 spiro atoms. The molecule has 41 heavy (non-hydrogen) atoms. The van der Waals surface area contributed by atoms with E-state index in [1.807, 2.05) is 6.20 Å². The molecule has 5 N–H and O–H groups in total. The van der Waals surface area contributed by atoms with Crippen molar-refractivity contribution in [3.8, 4) is 0 Å². The van der Waals surface area contributed by atoms with Crippen molar-refractivity contribution in [3.63, 3.8) is 0 Å². The molecule has 1 saturated heterocycles. The number of aliphatic hydroxyl groups excluding tert-OH is 5. The first-order valence-corrected chi connectivity index (χ1v) is 14.4. The molecule has 0 aromatic carbocycles. The van der Waals surface area contributed by atoms with Crippen LogP contribution in [-0.2, 0) is 46.3 Å². The maximum Gasteiger partial charge on any atom is 0.186 e. The summed E-state index contributed by atoms with van der Waals surface area (Å²) < 4.78 is 39.6. The van der Waals surface area contributed by atoms with E-state index in [4.69, 9.17) is 38.3 Å². The van der Waals surface area contributed by atoms with Gasteiger partial charge in [0.2, 0.25) is 0 Å². The molecule has 0 amide bonds. The molecule has 15 nitrogen and oxygen atoms in total. The van der Waals surface area contributed by atoms with E-state index in [1.165, 1.54) is 0 Å². The third-order valence-corrected chi connectivity index (χ3v) is 6.22. The van der Waals surface area contributed by atoms with Crippen LogP contribution in [0.2, 0.25) is 0 Å². The molecule has 1 aromatic rings. The highest BCUT2D eigenvalue weighted by molar-refractivity contribution is 4.90. The van der Waals surface area contributed by atoms with Crippen LogP contribution >= 0.6 is 0 Å². The Balaban J connectivity index is 1.35. The second-order valence-electron chi connectivity index (χ2n) is 9.53. The lowest BCUT2D eigenvalue weighted by atomic mass is 9.99. The van der Waals surface area contributed by atoms with Crippen molar-refractivity contribution in [3.05, 3.63) is 11.9 Å². The zero-order valence-electron chi connectivity index (χ0n) is 23.8. The summed E-state index contributed by atoms with van der Waals surface area (Å²) in [6.07, 6.45) is 0.251. The fraction of sp³-hybridized carbons (Fsp3) is 0.923. The monoisotopic (exact) mass is 595 g/mol. The van der Waals surface area contributed by atoms with E-state index in [-0.39, 0.29) is 6.61 Å². The van der Waals surface area contributed by atoms with Crippen LogP contribution in [0.3, 0.4) is 0 Å². The van der Waals surface area contributed by atoms with E-state index in [9.17, 15) is 20.4 Å². The van der Waals surface area contributed by atoms with Crippen molar-refractivity contribution < 1.29 is 58.7 Å². The Labute approximate surface area is 241 Å². The highest BCUT2D eigenvalue weighted by Crippen LogP contribution is 2.22. The van der Waals surface area contributed by atoms with Crippen LogP contribution < -0.4 is 0 Å². The molecule has 1 aliphatic heterocycles. The molecule has 5 atom stereocenters. The van der Waals surface area contributed by atoms with Gasteiger partial charge >= 0.3 is 0 Å². The molecule has 240 valence electrons. The molecule has 2 heterocycles. The highest BCUT2D eigenvalue weighted by atomic mass is 16.7. The quantitative estimate of drug-likeness (QED) is 0.0786. The van der Waals surface area contributed by atoms with Gasteiger partial charge in [-0.1, -0.05) is 24.5 Å². The smallest absolute Gasteiger partial charge is 0.186 e. The number of aliphatic hydroxyl groups is 5. The van der Waals surface area contributed by atoms with E-state index in [1.54, 1.807) is 4.68 Å². The Morgan fingerprint density at radius 3 is 1.95 bits per heavy atom. The Hall–Kier alpha value is -1.34. The summed E-state index contributed by atoms with van der Waals surface area (Å²) in [6.45, 7) is 5.19. The molecule has 0 aliphatic carbocycles. The maximum atomic E-state index is 9.96. The predicted molar refractivity (Wildman–Crippen MR) is 143 cm³/mol. The summed E-state index contributed by atoms with van der Waals surface area (Å²) in [5.74, 6) is 0. The van der Waals surface area contributed by atoms with Gasteiger partial charge in [0.05, 0.1) is 85.4 Å². The van der Waals surface area contributed by atoms with Gasteiger partial charge in [0.25, 0.3) is 0 Å². The Bertz CT molecular complexity index is 744. The second kappa shape index (κ2) is 23.2. The second-order valence-corrected chi connectivity index (χ2v) is 9.53. The molecule has 3 unspecified atom stereocenters. The van der Waals surface area contributed by atoms with Crippen molar-refractivity contribution in [2.75, 3.05) is 79.3 Å². The standard InChI is InChI=1S/C26H49N3O12/c30-7-11-36-13-15-38-17-16-37-14-12-35-10-6-29-18-21(27-28-29)20-39-8-4-2-1-3-5-9-40-26-25(34)24(33)23(32)22(19-31)41-26/h18,22-26,30-34H,1-17,19-20H2/t22?,23-,24?,25?,26-/m1/s1. The van der Waals surface area contributed by atoms with Crippen LogP contribution in [-0.4, -0.2) is 151 Å². The largest absolute Gasteiger partial charge is 0.394 e. The minimum absolute atomic E-state index is 0.0147. The summed E-state index contributed by atoms with van der Waals surface area (Å²) in [4.78, 5) is 0. The number of rotatable bonds is 26. The predicted octanol–water partition coefficient (Wildman–Crippen LogP) is -1.38. The van der Waals surface area contributed by atoms with Gasteiger partial charge in [-0.15, -0.1) is 5.10 Å². The van der Waals surface area contributed by atoms with Gasteiger partial charge in [-0.2, -0.15) is 0 Å². The Kier molecular flexibility index (Phi) is 20.3. The average molecular weight is 596 g/mol. The van der Waals surface area contributed by atoms with E-state index < -0.39 is 37.3 Å². The van der Waals surface area contributed by atoms with Gasteiger partial charge in [0.15, 0.2) is 6.29 Å². The molecule has 15 heteroatoms. The lowest BCUT2D eigenvalue weighted by Crippen LogP contribution is -2.59. The molecule has 1 fully saturated rings. The van der Waals surface area contributed by atoms with Crippen LogP contribution in [0.4, 0.5) is 0 Å². The minimum atomic E-state index is -1.42. The molecule has 2 rings (SSSR count). The van der Waals surface area contributed by atoms with Gasteiger partial charge in [-0.05, 0) is 12.8 Å². The van der Waals surface area contributed by atoms with Crippen molar-refractivity contribution >= 4 is 0 Å². The summed E-state index contributed by atoms with van der Waals surface area (Å²) >= 11 is 0. The van der Waals surface area contributed by atoms with Crippen LogP contribution in [0.15, 0.2) is 6.20 Å². The molecule has 0 bridgehead atoms. The van der Waals surface area contributed by atoms with Crippen molar-refractivity contribution in [1.82, 2.24) is 15.0 Å². The third-order valence-electron chi connectivity index (χ3n) is 6.22. The number of unbranched alkanes of at least 4 members (excludes halogenated alkanes) is 4. The molecular formula is C26H49N3O12. The fourth-order valence-electron chi connectivity index (χ4n) is 3.92. The van der Waals surface area contributed by atoms with Gasteiger partial charge in [0.1, 0.15) is 30.1 Å². The van der Waals surface area contributed by atoms with Crippen molar-refractivity contribution in [2.45, 2.75) is 76.0 Å². The number of ether oxygens (including phenoxy) is 7. The lowest BCUT2D eigenvalue weighted by Gasteiger charge is -2.39. The fourth-order valence-corrected chi connectivity index (χ4v) is 3.92. The number of hydrogen-bond acceptors (Lipinski definition) is 14. The molecule has 0 radical (unpaired) electrons. The zero-order chi connectivity index (χ0) is 29.5. The lowest BCUT2D eigenvalue weighted by molar-refractivity contribution is -0.301. The van der Waals surface area contributed by atoms with Crippen LogP contribution in [0.25, 0.3) is 0 Å². The number of aromatic nitrogens is 3. The Morgan fingerprint density at radius 2 is 1.29 bits per heavy atom. The van der Waals surface area contributed by atoms with Crippen molar-refractivity contribution in [1.29, 1.82) is 0 Å². The van der Waals surface area contributed by atoms with E-state index in [0.717, 1.165) is 37.8 Å². The molecule has 1 aliphatic rings. The number of hydrogen-bond donors (Lipinski definition) is 5. The van der Waals surface area contributed by atoms with Gasteiger partial charge in [0, 0.05) is 13.2 Å².